The lowest BCUT2D eigenvalue weighted by Crippen LogP contribution is -2.13. The zero-order chi connectivity index (χ0) is 22.2. The summed E-state index contributed by atoms with van der Waals surface area (Å²) in [4.78, 5) is 11.8. The Balaban J connectivity index is 1.37. The largest absolute Gasteiger partial charge is 0.496 e. The number of rotatable bonds is 6. The number of aromatic nitrogens is 4. The summed E-state index contributed by atoms with van der Waals surface area (Å²) in [6.45, 7) is 2.75. The first-order valence-electron chi connectivity index (χ1n) is 10.2. The van der Waals surface area contributed by atoms with E-state index in [0.29, 0.717) is 30.0 Å². The standard InChI is InChI=1S/C24H21F2N5O/c1-14-9-17-21(32-2)11-18(25)23(26)24(17)31(14)8-7-28-22-12-20(29-13-30-22)15-3-4-19-16(10-15)5-6-27-19/h3-6,9-13,27H,7-8H2,1-2H3,(H,28,29,30). The van der Waals surface area contributed by atoms with Gasteiger partial charge in [0.2, 0.25) is 0 Å². The predicted molar refractivity (Wildman–Crippen MR) is 121 cm³/mol. The van der Waals surface area contributed by atoms with Gasteiger partial charge in [0.05, 0.1) is 18.3 Å². The second-order valence-electron chi connectivity index (χ2n) is 7.57. The summed E-state index contributed by atoms with van der Waals surface area (Å²) in [5, 5.41) is 4.91. The molecule has 0 radical (unpaired) electrons. The van der Waals surface area contributed by atoms with Crippen molar-refractivity contribution in [3.63, 3.8) is 0 Å². The van der Waals surface area contributed by atoms with Crippen LogP contribution in [0.2, 0.25) is 0 Å². The fourth-order valence-electron chi connectivity index (χ4n) is 4.05. The number of halogens is 2. The van der Waals surface area contributed by atoms with Crippen molar-refractivity contribution < 1.29 is 13.5 Å². The summed E-state index contributed by atoms with van der Waals surface area (Å²) in [5.41, 5.74) is 3.86. The Morgan fingerprint density at radius 1 is 1.09 bits per heavy atom. The molecule has 0 spiro atoms. The number of methoxy groups -OCH3 is 1. The minimum Gasteiger partial charge on any atom is -0.496 e. The topological polar surface area (TPSA) is 67.8 Å². The van der Waals surface area contributed by atoms with Crippen LogP contribution in [0, 0.1) is 18.6 Å². The fourth-order valence-corrected chi connectivity index (χ4v) is 4.05. The van der Waals surface area contributed by atoms with Crippen LogP contribution in [0.25, 0.3) is 33.1 Å². The van der Waals surface area contributed by atoms with Crippen LogP contribution in [0.1, 0.15) is 5.69 Å². The van der Waals surface area contributed by atoms with Crippen LogP contribution in [-0.2, 0) is 6.54 Å². The summed E-state index contributed by atoms with van der Waals surface area (Å²) in [7, 11) is 1.45. The van der Waals surface area contributed by atoms with E-state index in [1.165, 1.54) is 13.4 Å². The first-order chi connectivity index (χ1) is 15.5. The Morgan fingerprint density at radius 3 is 2.81 bits per heavy atom. The zero-order valence-electron chi connectivity index (χ0n) is 17.6. The molecule has 2 aromatic carbocycles. The SMILES string of the molecule is COc1cc(F)c(F)c2c1cc(C)n2CCNc1cc(-c2ccc3[nH]ccc3c2)ncn1. The average Bonchev–Trinajstić information content (AvgIpc) is 3.40. The van der Waals surface area contributed by atoms with E-state index in [4.69, 9.17) is 4.74 Å². The zero-order valence-corrected chi connectivity index (χ0v) is 17.6. The second kappa shape index (κ2) is 7.96. The maximum atomic E-state index is 14.6. The number of nitrogens with zero attached hydrogens (tertiary/aromatic N) is 3. The third-order valence-corrected chi connectivity index (χ3v) is 5.62. The van der Waals surface area contributed by atoms with E-state index < -0.39 is 11.6 Å². The number of hydrogen-bond acceptors (Lipinski definition) is 4. The summed E-state index contributed by atoms with van der Waals surface area (Å²) in [6, 6.07) is 12.9. The van der Waals surface area contributed by atoms with E-state index in [-0.39, 0.29) is 5.52 Å². The molecule has 5 aromatic rings. The molecule has 5 rings (SSSR count). The van der Waals surface area contributed by atoms with Gasteiger partial charge in [0.1, 0.15) is 17.9 Å². The Kier molecular flexibility index (Phi) is 4.97. The van der Waals surface area contributed by atoms with E-state index in [2.05, 4.69) is 26.3 Å². The summed E-state index contributed by atoms with van der Waals surface area (Å²) >= 11 is 0. The molecule has 2 N–H and O–H groups in total. The molecule has 8 heteroatoms. The number of hydrogen-bond donors (Lipinski definition) is 2. The molecule has 0 unspecified atom stereocenters. The van der Waals surface area contributed by atoms with Crippen molar-refractivity contribution in [3.05, 3.63) is 72.3 Å². The van der Waals surface area contributed by atoms with E-state index in [9.17, 15) is 8.78 Å². The lowest BCUT2D eigenvalue weighted by atomic mass is 10.1. The van der Waals surface area contributed by atoms with Crippen molar-refractivity contribution in [2.75, 3.05) is 19.0 Å². The molecule has 0 saturated carbocycles. The van der Waals surface area contributed by atoms with E-state index in [0.717, 1.165) is 33.9 Å². The molecule has 0 aliphatic rings. The Bertz CT molecular complexity index is 1440. The average molecular weight is 433 g/mol. The van der Waals surface area contributed by atoms with Crippen LogP contribution in [-0.4, -0.2) is 33.2 Å². The first-order valence-corrected chi connectivity index (χ1v) is 10.2. The molecule has 3 aromatic heterocycles. The Labute approximate surface area is 182 Å². The predicted octanol–water partition coefficient (Wildman–Crippen LogP) is 5.29. The lowest BCUT2D eigenvalue weighted by Gasteiger charge is -2.12. The molecule has 0 bridgehead atoms. The van der Waals surface area contributed by atoms with Gasteiger partial charge in [0.15, 0.2) is 11.6 Å². The molecule has 0 aliphatic heterocycles. The number of nitrogens with one attached hydrogen (secondary N) is 2. The highest BCUT2D eigenvalue weighted by Gasteiger charge is 2.18. The van der Waals surface area contributed by atoms with Crippen molar-refractivity contribution in [3.8, 4) is 17.0 Å². The van der Waals surface area contributed by atoms with Gasteiger partial charge in [-0.3, -0.25) is 0 Å². The normalized spacial score (nSPS) is 11.4. The van der Waals surface area contributed by atoms with Crippen molar-refractivity contribution in [2.45, 2.75) is 13.5 Å². The monoisotopic (exact) mass is 433 g/mol. The number of aryl methyl sites for hydroxylation is 1. The van der Waals surface area contributed by atoms with Gasteiger partial charge in [0, 0.05) is 59.0 Å². The van der Waals surface area contributed by atoms with Crippen molar-refractivity contribution in [1.82, 2.24) is 19.5 Å². The number of benzene rings is 2. The number of ether oxygens (including phenoxy) is 1. The molecule has 0 aliphatic carbocycles. The quantitative estimate of drug-likeness (QED) is 0.382. The van der Waals surface area contributed by atoms with Gasteiger partial charge in [-0.05, 0) is 31.2 Å². The van der Waals surface area contributed by atoms with Gasteiger partial charge < -0.3 is 19.6 Å². The summed E-state index contributed by atoms with van der Waals surface area (Å²) in [6.07, 6.45) is 3.41. The first kappa shape index (κ1) is 20.0. The molecule has 0 atom stereocenters. The molecule has 0 fully saturated rings. The number of fused-ring (bicyclic) bond motifs is 2. The molecule has 0 saturated heterocycles. The number of H-pyrrole nitrogens is 1. The molecule has 3 heterocycles. The van der Waals surface area contributed by atoms with Gasteiger partial charge in [0.25, 0.3) is 0 Å². The summed E-state index contributed by atoms with van der Waals surface area (Å²) < 4.78 is 35.6. The third kappa shape index (κ3) is 3.43. The van der Waals surface area contributed by atoms with Crippen LogP contribution in [0.4, 0.5) is 14.6 Å². The minimum absolute atomic E-state index is 0.198. The van der Waals surface area contributed by atoms with Crippen LogP contribution in [0.5, 0.6) is 5.75 Å². The molecular formula is C24H21F2N5O. The second-order valence-corrected chi connectivity index (χ2v) is 7.57. The van der Waals surface area contributed by atoms with Crippen LogP contribution in [0.3, 0.4) is 0 Å². The highest BCUT2D eigenvalue weighted by Crippen LogP contribution is 2.32. The van der Waals surface area contributed by atoms with E-state index >= 15 is 0 Å². The van der Waals surface area contributed by atoms with Gasteiger partial charge in [-0.1, -0.05) is 6.07 Å². The Hall–Kier alpha value is -3.94. The third-order valence-electron chi connectivity index (χ3n) is 5.62. The molecule has 162 valence electrons. The molecule has 6 nitrogen and oxygen atoms in total. The minimum atomic E-state index is -0.929. The van der Waals surface area contributed by atoms with Gasteiger partial charge in [-0.15, -0.1) is 0 Å². The number of aromatic amines is 1. The molecule has 32 heavy (non-hydrogen) atoms. The van der Waals surface area contributed by atoms with Gasteiger partial charge >= 0.3 is 0 Å². The van der Waals surface area contributed by atoms with Crippen molar-refractivity contribution in [2.24, 2.45) is 0 Å². The Morgan fingerprint density at radius 2 is 1.97 bits per heavy atom. The fraction of sp³-hybridized carbons (Fsp3) is 0.167. The highest BCUT2D eigenvalue weighted by atomic mass is 19.2. The maximum absolute atomic E-state index is 14.6. The maximum Gasteiger partial charge on any atom is 0.183 e. The summed E-state index contributed by atoms with van der Waals surface area (Å²) in [5.74, 6) is -0.837. The van der Waals surface area contributed by atoms with E-state index in [1.54, 1.807) is 10.6 Å². The van der Waals surface area contributed by atoms with Crippen molar-refractivity contribution >= 4 is 27.6 Å². The lowest BCUT2D eigenvalue weighted by molar-refractivity contribution is 0.412. The number of anilines is 1. The van der Waals surface area contributed by atoms with Crippen LogP contribution < -0.4 is 10.1 Å². The van der Waals surface area contributed by atoms with Crippen LogP contribution in [0.15, 0.2) is 55.0 Å². The smallest absolute Gasteiger partial charge is 0.183 e. The molecule has 0 amide bonds. The van der Waals surface area contributed by atoms with Gasteiger partial charge in [-0.25, -0.2) is 18.7 Å². The van der Waals surface area contributed by atoms with Crippen LogP contribution >= 0.6 is 0 Å². The highest BCUT2D eigenvalue weighted by molar-refractivity contribution is 5.88. The van der Waals surface area contributed by atoms with Gasteiger partial charge in [-0.2, -0.15) is 0 Å². The van der Waals surface area contributed by atoms with E-state index in [1.807, 2.05) is 37.4 Å². The molecular weight excluding hydrogens is 412 g/mol. The van der Waals surface area contributed by atoms with Crippen molar-refractivity contribution in [1.29, 1.82) is 0 Å².